The number of halogens is 1. The third kappa shape index (κ3) is 3.26. The van der Waals surface area contributed by atoms with E-state index in [-0.39, 0.29) is 6.04 Å². The fourth-order valence-electron chi connectivity index (χ4n) is 2.14. The summed E-state index contributed by atoms with van der Waals surface area (Å²) >= 11 is 6.10. The summed E-state index contributed by atoms with van der Waals surface area (Å²) < 4.78 is 5.24. The molecular formula is C15H17ClN2O. The highest BCUT2D eigenvalue weighted by Gasteiger charge is 2.14. The smallest absolute Gasteiger partial charge is 0.119 e. The summed E-state index contributed by atoms with van der Waals surface area (Å²) in [6.07, 6.45) is 0. The standard InChI is InChI=1S/C15H17ClN2O/c1-10-6-12(8-13(16)7-10)15(18-17)11-4-3-5-14(9-11)19-2/h3-9,15,18H,17H2,1-2H3. The molecule has 3 nitrogen and oxygen atoms in total. The molecule has 2 rings (SSSR count). The Morgan fingerprint density at radius 1 is 1.16 bits per heavy atom. The van der Waals surface area contributed by atoms with Gasteiger partial charge >= 0.3 is 0 Å². The second kappa shape index (κ2) is 6.06. The predicted octanol–water partition coefficient (Wildman–Crippen LogP) is 3.21. The summed E-state index contributed by atoms with van der Waals surface area (Å²) in [6.45, 7) is 2.01. The molecule has 0 radical (unpaired) electrons. The van der Waals surface area contributed by atoms with E-state index in [1.807, 2.05) is 43.3 Å². The topological polar surface area (TPSA) is 47.3 Å². The SMILES string of the molecule is COc1cccc(C(NN)c2cc(C)cc(Cl)c2)c1. The average molecular weight is 277 g/mol. The fourth-order valence-corrected chi connectivity index (χ4v) is 2.44. The predicted molar refractivity (Wildman–Crippen MR) is 78.3 cm³/mol. The van der Waals surface area contributed by atoms with E-state index >= 15 is 0 Å². The Morgan fingerprint density at radius 2 is 1.95 bits per heavy atom. The fraction of sp³-hybridized carbons (Fsp3) is 0.200. The van der Waals surface area contributed by atoms with Gasteiger partial charge in [-0.2, -0.15) is 0 Å². The van der Waals surface area contributed by atoms with Crippen molar-refractivity contribution in [3.05, 3.63) is 64.2 Å². The van der Waals surface area contributed by atoms with Crippen LogP contribution in [0.1, 0.15) is 22.7 Å². The summed E-state index contributed by atoms with van der Waals surface area (Å²) in [7, 11) is 1.65. The van der Waals surface area contributed by atoms with E-state index in [0.29, 0.717) is 5.02 Å². The number of benzene rings is 2. The van der Waals surface area contributed by atoms with Crippen LogP contribution >= 0.6 is 11.6 Å². The number of nitrogens with one attached hydrogen (secondary N) is 1. The van der Waals surface area contributed by atoms with Gasteiger partial charge in [-0.3, -0.25) is 5.84 Å². The van der Waals surface area contributed by atoms with Gasteiger partial charge in [0.05, 0.1) is 13.2 Å². The Kier molecular flexibility index (Phi) is 4.43. The zero-order valence-electron chi connectivity index (χ0n) is 11.0. The van der Waals surface area contributed by atoms with Crippen LogP contribution in [0.15, 0.2) is 42.5 Å². The monoisotopic (exact) mass is 276 g/mol. The molecule has 0 saturated heterocycles. The molecule has 100 valence electrons. The van der Waals surface area contributed by atoms with E-state index in [4.69, 9.17) is 22.2 Å². The van der Waals surface area contributed by atoms with Crippen molar-refractivity contribution in [2.75, 3.05) is 7.11 Å². The first kappa shape index (κ1) is 13.9. The van der Waals surface area contributed by atoms with Crippen molar-refractivity contribution < 1.29 is 4.74 Å². The van der Waals surface area contributed by atoms with Crippen LogP contribution in [0, 0.1) is 6.92 Å². The molecule has 0 fully saturated rings. The molecule has 0 heterocycles. The van der Waals surface area contributed by atoms with Crippen molar-refractivity contribution in [3.8, 4) is 5.75 Å². The molecule has 0 saturated carbocycles. The molecule has 1 atom stereocenters. The Labute approximate surface area is 118 Å². The van der Waals surface area contributed by atoms with Crippen LogP contribution in [0.2, 0.25) is 5.02 Å². The minimum Gasteiger partial charge on any atom is -0.497 e. The number of nitrogens with two attached hydrogens (primary N) is 1. The highest BCUT2D eigenvalue weighted by atomic mass is 35.5. The van der Waals surface area contributed by atoms with Gasteiger partial charge in [0.1, 0.15) is 5.75 Å². The molecule has 0 aliphatic rings. The highest BCUT2D eigenvalue weighted by Crippen LogP contribution is 2.27. The average Bonchev–Trinajstić information content (AvgIpc) is 2.39. The van der Waals surface area contributed by atoms with Crippen molar-refractivity contribution in [2.45, 2.75) is 13.0 Å². The van der Waals surface area contributed by atoms with Crippen molar-refractivity contribution in [1.29, 1.82) is 0 Å². The Balaban J connectivity index is 2.43. The minimum absolute atomic E-state index is 0.118. The van der Waals surface area contributed by atoms with Gasteiger partial charge in [0.2, 0.25) is 0 Å². The first-order valence-electron chi connectivity index (χ1n) is 6.01. The van der Waals surface area contributed by atoms with Crippen LogP contribution in [0.5, 0.6) is 5.75 Å². The normalized spacial score (nSPS) is 12.2. The first-order chi connectivity index (χ1) is 9.13. The van der Waals surface area contributed by atoms with Crippen molar-refractivity contribution in [2.24, 2.45) is 5.84 Å². The van der Waals surface area contributed by atoms with Crippen LogP contribution in [-0.2, 0) is 0 Å². The maximum absolute atomic E-state index is 6.10. The number of aryl methyl sites for hydroxylation is 1. The Hall–Kier alpha value is -1.55. The highest BCUT2D eigenvalue weighted by molar-refractivity contribution is 6.30. The molecule has 19 heavy (non-hydrogen) atoms. The molecule has 2 aromatic rings. The Bertz CT molecular complexity index is 552. The molecule has 0 aromatic heterocycles. The summed E-state index contributed by atoms with van der Waals surface area (Å²) in [5.41, 5.74) is 5.99. The van der Waals surface area contributed by atoms with Gasteiger partial charge in [-0.05, 0) is 47.9 Å². The lowest BCUT2D eigenvalue weighted by Crippen LogP contribution is -2.28. The number of rotatable bonds is 4. The maximum atomic E-state index is 6.10. The lowest BCUT2D eigenvalue weighted by molar-refractivity contribution is 0.413. The number of hydrogen-bond donors (Lipinski definition) is 2. The van der Waals surface area contributed by atoms with Gasteiger partial charge in [0.15, 0.2) is 0 Å². The van der Waals surface area contributed by atoms with Crippen LogP contribution in [-0.4, -0.2) is 7.11 Å². The Morgan fingerprint density at radius 3 is 2.58 bits per heavy atom. The van der Waals surface area contributed by atoms with E-state index in [0.717, 1.165) is 22.4 Å². The minimum atomic E-state index is -0.118. The molecule has 0 spiro atoms. The van der Waals surface area contributed by atoms with Crippen molar-refractivity contribution in [3.63, 3.8) is 0 Å². The molecular weight excluding hydrogens is 260 g/mol. The number of ether oxygens (including phenoxy) is 1. The van der Waals surface area contributed by atoms with Gasteiger partial charge < -0.3 is 4.74 Å². The number of methoxy groups -OCH3 is 1. The van der Waals surface area contributed by atoms with Gasteiger partial charge in [-0.25, -0.2) is 5.43 Å². The van der Waals surface area contributed by atoms with E-state index in [9.17, 15) is 0 Å². The van der Waals surface area contributed by atoms with Crippen molar-refractivity contribution >= 4 is 11.6 Å². The molecule has 0 amide bonds. The van der Waals surface area contributed by atoms with Crippen LogP contribution in [0.3, 0.4) is 0 Å². The zero-order valence-corrected chi connectivity index (χ0v) is 11.7. The maximum Gasteiger partial charge on any atom is 0.119 e. The summed E-state index contributed by atoms with van der Waals surface area (Å²) in [4.78, 5) is 0. The van der Waals surface area contributed by atoms with E-state index in [1.54, 1.807) is 7.11 Å². The first-order valence-corrected chi connectivity index (χ1v) is 6.39. The lowest BCUT2D eigenvalue weighted by atomic mass is 9.98. The number of hydrazine groups is 1. The second-order valence-corrected chi connectivity index (χ2v) is 4.87. The second-order valence-electron chi connectivity index (χ2n) is 4.44. The molecule has 3 N–H and O–H groups in total. The molecule has 1 unspecified atom stereocenters. The molecule has 4 heteroatoms. The zero-order chi connectivity index (χ0) is 13.8. The van der Waals surface area contributed by atoms with Crippen LogP contribution < -0.4 is 16.0 Å². The molecule has 0 aliphatic carbocycles. The van der Waals surface area contributed by atoms with E-state index in [2.05, 4.69) is 11.5 Å². The third-order valence-corrected chi connectivity index (χ3v) is 3.21. The molecule has 0 bridgehead atoms. The summed E-state index contributed by atoms with van der Waals surface area (Å²) in [5.74, 6) is 6.50. The van der Waals surface area contributed by atoms with Gasteiger partial charge in [0.25, 0.3) is 0 Å². The molecule has 2 aromatic carbocycles. The lowest BCUT2D eigenvalue weighted by Gasteiger charge is -2.18. The molecule has 0 aliphatic heterocycles. The van der Waals surface area contributed by atoms with E-state index in [1.165, 1.54) is 0 Å². The summed E-state index contributed by atoms with van der Waals surface area (Å²) in [5, 5.41) is 0.707. The summed E-state index contributed by atoms with van der Waals surface area (Å²) in [6, 6.07) is 13.6. The van der Waals surface area contributed by atoms with Crippen LogP contribution in [0.4, 0.5) is 0 Å². The van der Waals surface area contributed by atoms with Gasteiger partial charge in [-0.1, -0.05) is 29.8 Å². The quantitative estimate of drug-likeness (QED) is 0.666. The van der Waals surface area contributed by atoms with Gasteiger partial charge in [0, 0.05) is 5.02 Å². The number of hydrogen-bond acceptors (Lipinski definition) is 3. The third-order valence-electron chi connectivity index (χ3n) is 2.99. The van der Waals surface area contributed by atoms with Crippen molar-refractivity contribution in [1.82, 2.24) is 5.43 Å². The largest absolute Gasteiger partial charge is 0.497 e. The van der Waals surface area contributed by atoms with Crippen LogP contribution in [0.25, 0.3) is 0 Å². The van der Waals surface area contributed by atoms with E-state index < -0.39 is 0 Å². The van der Waals surface area contributed by atoms with Gasteiger partial charge in [-0.15, -0.1) is 0 Å².